The van der Waals surface area contributed by atoms with Crippen LogP contribution in [0.25, 0.3) is 0 Å². The first-order valence-electron chi connectivity index (χ1n) is 27.1. The normalized spacial score (nSPS) is 12.0. The first kappa shape index (κ1) is 56.9. The zero-order valence-electron chi connectivity index (χ0n) is 40.0. The van der Waals surface area contributed by atoms with Gasteiger partial charge in [-0.05, 0) is 25.7 Å². The number of rotatable bonds is 51. The van der Waals surface area contributed by atoms with Gasteiger partial charge in [0.05, 0.1) is 5.92 Å². The van der Waals surface area contributed by atoms with E-state index in [0.717, 1.165) is 45.1 Å². The Labute approximate surface area is 365 Å². The third-order valence-electron chi connectivity index (χ3n) is 13.2. The molecule has 0 aliphatic heterocycles. The zero-order valence-corrected chi connectivity index (χ0v) is 40.0. The fourth-order valence-corrected chi connectivity index (χ4v) is 8.94. The molecule has 1 unspecified atom stereocenters. The van der Waals surface area contributed by atoms with E-state index in [1.54, 1.807) is 0 Å². The lowest BCUT2D eigenvalue weighted by Crippen LogP contribution is -2.23. The van der Waals surface area contributed by atoms with Crippen LogP contribution in [0.15, 0.2) is 0 Å². The summed E-state index contributed by atoms with van der Waals surface area (Å²) in [6, 6.07) is 0. The number of carbonyl (C=O) groups excluding carboxylic acids is 1. The van der Waals surface area contributed by atoms with Crippen molar-refractivity contribution in [1.82, 2.24) is 5.32 Å². The molecule has 4 nitrogen and oxygen atoms in total. The van der Waals surface area contributed by atoms with Gasteiger partial charge in [0, 0.05) is 13.0 Å². The standard InChI is InChI=1S/C54H107NO3/c1-3-5-6-7-8-9-10-11-12-13-14-15-16-20-23-26-29-32-35-38-41-44-47-50-53(56)55-51-48-45-42-39-36-33-30-27-24-21-18-17-19-22-25-28-31-34-37-40-43-46-49-52(4-2)54(57)58/h52H,3-51H2,1-2H3,(H,55,56)(H,57,58). The topological polar surface area (TPSA) is 66.4 Å². The Bertz CT molecular complexity index is 799. The van der Waals surface area contributed by atoms with Gasteiger partial charge in [-0.25, -0.2) is 0 Å². The quantitative estimate of drug-likeness (QED) is 0.0601. The molecule has 0 aromatic heterocycles. The molecule has 0 fully saturated rings. The second-order valence-corrected chi connectivity index (χ2v) is 18.9. The summed E-state index contributed by atoms with van der Waals surface area (Å²) in [5.74, 6) is -0.468. The van der Waals surface area contributed by atoms with Crippen LogP contribution in [0.5, 0.6) is 0 Å². The Balaban J connectivity index is 3.17. The third-order valence-corrected chi connectivity index (χ3v) is 13.2. The van der Waals surface area contributed by atoms with E-state index in [1.165, 1.54) is 270 Å². The van der Waals surface area contributed by atoms with Crippen LogP contribution in [0.4, 0.5) is 0 Å². The molecular formula is C54H107NO3. The number of aliphatic carboxylic acids is 1. The highest BCUT2D eigenvalue weighted by molar-refractivity contribution is 5.75. The molecular weight excluding hydrogens is 711 g/mol. The van der Waals surface area contributed by atoms with E-state index in [2.05, 4.69) is 12.2 Å². The number of hydrogen-bond acceptors (Lipinski definition) is 2. The van der Waals surface area contributed by atoms with Gasteiger partial charge in [0.15, 0.2) is 0 Å². The fraction of sp³-hybridized carbons (Fsp3) is 0.963. The molecule has 4 heteroatoms. The molecule has 0 rings (SSSR count). The summed E-state index contributed by atoms with van der Waals surface area (Å²) in [6.45, 7) is 5.16. The summed E-state index contributed by atoms with van der Waals surface area (Å²) < 4.78 is 0. The van der Waals surface area contributed by atoms with E-state index in [9.17, 15) is 9.59 Å². The molecule has 0 radical (unpaired) electrons. The van der Waals surface area contributed by atoms with Gasteiger partial charge in [0.25, 0.3) is 0 Å². The average Bonchev–Trinajstić information content (AvgIpc) is 3.22. The molecule has 0 aliphatic carbocycles. The van der Waals surface area contributed by atoms with Crippen molar-refractivity contribution in [3.05, 3.63) is 0 Å². The van der Waals surface area contributed by atoms with Crippen molar-refractivity contribution in [2.45, 2.75) is 322 Å². The summed E-state index contributed by atoms with van der Waals surface area (Å²) >= 11 is 0. The number of carboxylic acids is 1. The highest BCUT2D eigenvalue weighted by atomic mass is 16.4. The summed E-state index contributed by atoms with van der Waals surface area (Å²) in [5, 5.41) is 12.3. The smallest absolute Gasteiger partial charge is 0.306 e. The average molecular weight is 818 g/mol. The molecule has 0 aromatic carbocycles. The molecule has 0 bridgehead atoms. The van der Waals surface area contributed by atoms with E-state index >= 15 is 0 Å². The fourth-order valence-electron chi connectivity index (χ4n) is 8.94. The molecule has 0 aromatic rings. The van der Waals surface area contributed by atoms with Crippen LogP contribution in [0.2, 0.25) is 0 Å². The summed E-state index contributed by atoms with van der Waals surface area (Å²) in [6.07, 6.45) is 64.4. The van der Waals surface area contributed by atoms with Crippen molar-refractivity contribution in [2.75, 3.05) is 6.54 Å². The first-order chi connectivity index (χ1) is 28.6. The van der Waals surface area contributed by atoms with Crippen molar-refractivity contribution >= 4 is 11.9 Å². The largest absolute Gasteiger partial charge is 0.481 e. The van der Waals surface area contributed by atoms with Gasteiger partial charge in [0.1, 0.15) is 0 Å². The minimum atomic E-state index is -0.614. The molecule has 2 N–H and O–H groups in total. The minimum Gasteiger partial charge on any atom is -0.481 e. The Kier molecular flexibility index (Phi) is 49.4. The van der Waals surface area contributed by atoms with Crippen LogP contribution in [-0.2, 0) is 9.59 Å². The van der Waals surface area contributed by atoms with E-state index in [0.29, 0.717) is 0 Å². The van der Waals surface area contributed by atoms with E-state index in [1.807, 2.05) is 6.92 Å². The molecule has 1 atom stereocenters. The number of carboxylic acid groups (broad SMARTS) is 1. The molecule has 0 saturated carbocycles. The Morgan fingerprint density at radius 2 is 0.586 bits per heavy atom. The molecule has 0 spiro atoms. The number of unbranched alkanes of at least 4 members (excludes halogenated alkanes) is 43. The highest BCUT2D eigenvalue weighted by Gasteiger charge is 2.13. The lowest BCUT2D eigenvalue weighted by Gasteiger charge is -2.08. The van der Waals surface area contributed by atoms with Gasteiger partial charge in [0.2, 0.25) is 5.91 Å². The van der Waals surface area contributed by atoms with Crippen LogP contribution in [0.1, 0.15) is 322 Å². The number of hydrogen-bond donors (Lipinski definition) is 2. The lowest BCUT2D eigenvalue weighted by molar-refractivity contribution is -0.142. The van der Waals surface area contributed by atoms with Gasteiger partial charge in [-0.3, -0.25) is 9.59 Å². The molecule has 0 saturated heterocycles. The monoisotopic (exact) mass is 818 g/mol. The first-order valence-corrected chi connectivity index (χ1v) is 27.1. The molecule has 58 heavy (non-hydrogen) atoms. The summed E-state index contributed by atoms with van der Waals surface area (Å²) in [7, 11) is 0. The van der Waals surface area contributed by atoms with Gasteiger partial charge < -0.3 is 10.4 Å². The number of nitrogens with one attached hydrogen (secondary N) is 1. The Hall–Kier alpha value is -1.06. The maximum absolute atomic E-state index is 12.2. The zero-order chi connectivity index (χ0) is 42.1. The van der Waals surface area contributed by atoms with Crippen molar-refractivity contribution in [1.29, 1.82) is 0 Å². The van der Waals surface area contributed by atoms with Gasteiger partial charge in [-0.2, -0.15) is 0 Å². The van der Waals surface area contributed by atoms with Crippen LogP contribution in [-0.4, -0.2) is 23.5 Å². The van der Waals surface area contributed by atoms with Gasteiger partial charge in [-0.15, -0.1) is 0 Å². The molecule has 0 aliphatic rings. The Morgan fingerprint density at radius 3 is 0.845 bits per heavy atom. The number of carbonyl (C=O) groups is 2. The second kappa shape index (κ2) is 50.3. The van der Waals surface area contributed by atoms with Crippen LogP contribution >= 0.6 is 0 Å². The van der Waals surface area contributed by atoms with Crippen molar-refractivity contribution in [3.63, 3.8) is 0 Å². The third kappa shape index (κ3) is 47.6. The predicted octanol–water partition coefficient (Wildman–Crippen LogP) is 18.6. The van der Waals surface area contributed by atoms with Gasteiger partial charge >= 0.3 is 5.97 Å². The van der Waals surface area contributed by atoms with E-state index in [-0.39, 0.29) is 11.8 Å². The van der Waals surface area contributed by atoms with Gasteiger partial charge in [-0.1, -0.05) is 290 Å². The molecule has 346 valence electrons. The Morgan fingerprint density at radius 1 is 0.345 bits per heavy atom. The van der Waals surface area contributed by atoms with E-state index < -0.39 is 5.97 Å². The van der Waals surface area contributed by atoms with E-state index in [4.69, 9.17) is 5.11 Å². The highest BCUT2D eigenvalue weighted by Crippen LogP contribution is 2.19. The predicted molar refractivity (Wildman–Crippen MR) is 257 cm³/mol. The summed E-state index contributed by atoms with van der Waals surface area (Å²) in [4.78, 5) is 23.3. The van der Waals surface area contributed by atoms with Crippen molar-refractivity contribution < 1.29 is 14.7 Å². The SMILES string of the molecule is CCCCCCCCCCCCCCCCCCCCCCCCCC(=O)NCCCCCCCCCCCCCCCCCCCCCCCCC(CC)C(=O)O. The van der Waals surface area contributed by atoms with Crippen molar-refractivity contribution in [3.8, 4) is 0 Å². The molecule has 0 heterocycles. The summed E-state index contributed by atoms with van der Waals surface area (Å²) in [5.41, 5.74) is 0. The van der Waals surface area contributed by atoms with Crippen LogP contribution < -0.4 is 5.32 Å². The van der Waals surface area contributed by atoms with Crippen molar-refractivity contribution in [2.24, 2.45) is 5.92 Å². The molecule has 1 amide bonds. The van der Waals surface area contributed by atoms with Crippen LogP contribution in [0.3, 0.4) is 0 Å². The maximum Gasteiger partial charge on any atom is 0.306 e. The minimum absolute atomic E-state index is 0.127. The number of amides is 1. The van der Waals surface area contributed by atoms with Crippen LogP contribution in [0, 0.1) is 5.92 Å². The second-order valence-electron chi connectivity index (χ2n) is 18.9. The lowest BCUT2D eigenvalue weighted by atomic mass is 9.98. The maximum atomic E-state index is 12.2.